The van der Waals surface area contributed by atoms with Gasteiger partial charge in [0, 0.05) is 48.3 Å². The van der Waals surface area contributed by atoms with Crippen molar-refractivity contribution in [2.75, 3.05) is 19.7 Å². The number of morpholine rings is 1. The number of ether oxygens (including phenoxy) is 1. The zero-order valence-electron chi connectivity index (χ0n) is 16.1. The number of carbonyl (C=O) groups excluding carboxylic acids is 1. The second-order valence-corrected chi connectivity index (χ2v) is 9.07. The Labute approximate surface area is 165 Å². The van der Waals surface area contributed by atoms with Gasteiger partial charge >= 0.3 is 0 Å². The number of hydrogen-bond acceptors (Lipinski definition) is 5. The van der Waals surface area contributed by atoms with Crippen molar-refractivity contribution in [2.45, 2.75) is 51.4 Å². The molecule has 4 rings (SSSR count). The van der Waals surface area contributed by atoms with E-state index in [9.17, 15) is 4.79 Å². The number of hydrogen-bond donors (Lipinski definition) is 0. The van der Waals surface area contributed by atoms with Crippen molar-refractivity contribution in [3.05, 3.63) is 52.0 Å². The minimum Gasteiger partial charge on any atom is -0.363 e. The van der Waals surface area contributed by atoms with Crippen molar-refractivity contribution < 1.29 is 9.53 Å². The number of rotatable bonds is 4. The van der Waals surface area contributed by atoms with Gasteiger partial charge in [-0.3, -0.25) is 14.7 Å². The molecule has 0 aromatic carbocycles. The molecule has 27 heavy (non-hydrogen) atoms. The van der Waals surface area contributed by atoms with Crippen LogP contribution < -0.4 is 0 Å². The summed E-state index contributed by atoms with van der Waals surface area (Å²) >= 11 is 1.88. The summed E-state index contributed by atoms with van der Waals surface area (Å²) in [7, 11) is 0. The largest absolute Gasteiger partial charge is 0.363 e. The van der Waals surface area contributed by atoms with Gasteiger partial charge in [0.2, 0.25) is 5.91 Å². The molecule has 2 aliphatic heterocycles. The van der Waals surface area contributed by atoms with Crippen molar-refractivity contribution in [3.8, 4) is 0 Å². The zero-order valence-corrected chi connectivity index (χ0v) is 16.9. The Morgan fingerprint density at radius 1 is 1.26 bits per heavy atom. The van der Waals surface area contributed by atoms with Crippen molar-refractivity contribution in [1.82, 2.24) is 14.8 Å². The first-order chi connectivity index (χ1) is 13.1. The lowest BCUT2D eigenvalue weighted by atomic mass is 9.82. The van der Waals surface area contributed by atoms with E-state index >= 15 is 0 Å². The fourth-order valence-corrected chi connectivity index (χ4v) is 5.20. The van der Waals surface area contributed by atoms with Crippen LogP contribution in [0.3, 0.4) is 0 Å². The van der Waals surface area contributed by atoms with E-state index in [-0.39, 0.29) is 24.2 Å². The molecule has 1 unspecified atom stereocenters. The van der Waals surface area contributed by atoms with E-state index < -0.39 is 0 Å². The van der Waals surface area contributed by atoms with Gasteiger partial charge in [0.05, 0.1) is 11.6 Å². The highest BCUT2D eigenvalue weighted by Crippen LogP contribution is 2.36. The topological polar surface area (TPSA) is 45.7 Å². The van der Waals surface area contributed by atoms with Gasteiger partial charge in [-0.15, -0.1) is 11.3 Å². The first kappa shape index (κ1) is 18.6. The van der Waals surface area contributed by atoms with Gasteiger partial charge < -0.3 is 9.64 Å². The number of piperidine rings is 1. The summed E-state index contributed by atoms with van der Waals surface area (Å²) < 4.78 is 6.17. The lowest BCUT2D eigenvalue weighted by Gasteiger charge is -2.51. The van der Waals surface area contributed by atoms with Gasteiger partial charge in [0.1, 0.15) is 6.61 Å². The fraction of sp³-hybridized carbons (Fsp3) is 0.524. The maximum absolute atomic E-state index is 12.5. The summed E-state index contributed by atoms with van der Waals surface area (Å²) in [4.78, 5) is 24.0. The molecule has 2 saturated heterocycles. The van der Waals surface area contributed by atoms with Gasteiger partial charge in [0.25, 0.3) is 0 Å². The van der Waals surface area contributed by atoms with Crippen molar-refractivity contribution in [2.24, 2.45) is 0 Å². The van der Waals surface area contributed by atoms with Crippen LogP contribution in [0.1, 0.15) is 35.1 Å². The highest BCUT2D eigenvalue weighted by molar-refractivity contribution is 7.11. The number of nitrogens with zero attached hydrogens (tertiary/aromatic N) is 3. The molecule has 6 heteroatoms. The van der Waals surface area contributed by atoms with Crippen LogP contribution in [-0.2, 0) is 22.6 Å². The van der Waals surface area contributed by atoms with E-state index in [4.69, 9.17) is 4.74 Å². The molecule has 0 saturated carbocycles. The molecule has 2 aliphatic rings. The van der Waals surface area contributed by atoms with Crippen LogP contribution in [0, 0.1) is 6.92 Å². The third-order valence-corrected chi connectivity index (χ3v) is 6.97. The lowest BCUT2D eigenvalue weighted by molar-refractivity contribution is -0.188. The van der Waals surface area contributed by atoms with Crippen molar-refractivity contribution >= 4 is 17.2 Å². The predicted octanol–water partition coefficient (Wildman–Crippen LogP) is 3.23. The normalized spacial score (nSPS) is 23.1. The van der Waals surface area contributed by atoms with Crippen LogP contribution in [0.25, 0.3) is 0 Å². The minimum absolute atomic E-state index is 0.0742. The maximum Gasteiger partial charge on any atom is 0.249 e. The molecule has 0 aliphatic carbocycles. The zero-order chi connectivity index (χ0) is 18.9. The molecule has 1 atom stereocenters. The average molecular weight is 386 g/mol. The van der Waals surface area contributed by atoms with Crippen LogP contribution >= 0.6 is 11.3 Å². The van der Waals surface area contributed by atoms with Crippen LogP contribution in [0.4, 0.5) is 0 Å². The van der Waals surface area contributed by atoms with Gasteiger partial charge in [-0.25, -0.2) is 0 Å². The Morgan fingerprint density at radius 2 is 2.07 bits per heavy atom. The summed E-state index contributed by atoms with van der Waals surface area (Å²) in [6, 6.07) is 8.45. The Morgan fingerprint density at radius 3 is 2.74 bits per heavy atom. The molecular weight excluding hydrogens is 358 g/mol. The number of thiophene rings is 1. The van der Waals surface area contributed by atoms with E-state index in [1.54, 1.807) is 6.20 Å². The molecule has 2 fully saturated rings. The smallest absolute Gasteiger partial charge is 0.249 e. The van der Waals surface area contributed by atoms with E-state index in [0.29, 0.717) is 6.54 Å². The summed E-state index contributed by atoms with van der Waals surface area (Å²) in [6.07, 6.45) is 5.54. The third-order valence-electron chi connectivity index (χ3n) is 5.99. The highest BCUT2D eigenvalue weighted by Gasteiger charge is 2.47. The summed E-state index contributed by atoms with van der Waals surface area (Å²) in [5.74, 6) is 0.0773. The number of likely N-dealkylation sites (tertiary alicyclic amines) is 1. The molecule has 2 aromatic rings. The molecule has 5 nitrogen and oxygen atoms in total. The second kappa shape index (κ2) is 7.70. The Kier molecular flexibility index (Phi) is 5.30. The van der Waals surface area contributed by atoms with Crippen molar-refractivity contribution in [3.63, 3.8) is 0 Å². The van der Waals surface area contributed by atoms with Gasteiger partial charge in [-0.1, -0.05) is 6.07 Å². The van der Waals surface area contributed by atoms with Gasteiger partial charge in [0.15, 0.2) is 0 Å². The summed E-state index contributed by atoms with van der Waals surface area (Å²) in [6.45, 7) is 8.13. The van der Waals surface area contributed by atoms with Crippen molar-refractivity contribution in [1.29, 1.82) is 0 Å². The number of amides is 1. The van der Waals surface area contributed by atoms with Crippen LogP contribution in [0.2, 0.25) is 0 Å². The second-order valence-electron chi connectivity index (χ2n) is 7.70. The van der Waals surface area contributed by atoms with Gasteiger partial charge in [-0.05, 0) is 50.5 Å². The molecule has 4 heterocycles. The lowest BCUT2D eigenvalue weighted by Crippen LogP contribution is -2.63. The summed E-state index contributed by atoms with van der Waals surface area (Å²) in [5, 5.41) is 0. The third kappa shape index (κ3) is 3.93. The maximum atomic E-state index is 12.5. The summed E-state index contributed by atoms with van der Waals surface area (Å²) in [5.41, 5.74) is 0.845. The van der Waals surface area contributed by atoms with E-state index in [0.717, 1.165) is 38.0 Å². The molecule has 0 N–H and O–H groups in total. The van der Waals surface area contributed by atoms with E-state index in [1.807, 2.05) is 34.6 Å². The molecule has 144 valence electrons. The number of aryl methyl sites for hydroxylation is 1. The molecule has 1 spiro atoms. The monoisotopic (exact) mass is 385 g/mol. The first-order valence-corrected chi connectivity index (χ1v) is 10.5. The first-order valence-electron chi connectivity index (χ1n) is 9.66. The average Bonchev–Trinajstić information content (AvgIpc) is 3.09. The molecule has 1 amide bonds. The van der Waals surface area contributed by atoms with Crippen LogP contribution in [-0.4, -0.2) is 52.0 Å². The number of pyridine rings is 1. The van der Waals surface area contributed by atoms with Crippen LogP contribution in [0.5, 0.6) is 0 Å². The molecule has 0 bridgehead atoms. The highest BCUT2D eigenvalue weighted by atomic mass is 32.1. The standard InChI is InChI=1S/C21H27N3O2S/c1-16-5-6-19(27-16)14-23-10-7-21(8-11-23)17(2)24(20(25)15-26-21)13-18-4-3-9-22-12-18/h3-6,9,12,17H,7-8,10-11,13-15H2,1-2H3. The molecule has 0 radical (unpaired) electrons. The Hall–Kier alpha value is -1.76. The van der Waals surface area contributed by atoms with E-state index in [2.05, 4.69) is 35.9 Å². The number of carbonyl (C=O) groups is 1. The number of aromatic nitrogens is 1. The molecule has 2 aromatic heterocycles. The molecular formula is C21H27N3O2S. The SMILES string of the molecule is Cc1ccc(CN2CCC3(CC2)OCC(=O)N(Cc2cccnc2)C3C)s1. The predicted molar refractivity (Wildman–Crippen MR) is 106 cm³/mol. The Bertz CT molecular complexity index is 784. The quantitative estimate of drug-likeness (QED) is 0.811. The van der Waals surface area contributed by atoms with Crippen LogP contribution in [0.15, 0.2) is 36.7 Å². The fourth-order valence-electron chi connectivity index (χ4n) is 4.26. The minimum atomic E-state index is -0.224. The Balaban J connectivity index is 1.41. The van der Waals surface area contributed by atoms with Gasteiger partial charge in [-0.2, -0.15) is 0 Å². The van der Waals surface area contributed by atoms with E-state index in [1.165, 1.54) is 9.75 Å².